The second-order valence-corrected chi connectivity index (χ2v) is 11.1. The summed E-state index contributed by atoms with van der Waals surface area (Å²) in [6.07, 6.45) is 8.42. The van der Waals surface area contributed by atoms with Crippen LogP contribution in [0.5, 0.6) is 0 Å². The third kappa shape index (κ3) is 4.42. The SMILES string of the molecule is CCCCc1ccc(C2=C(CC)C([SiH](c3ccccc3)c3ccccc3)=CC2)cc1. The number of hydrogen-bond donors (Lipinski definition) is 0. The molecule has 1 heteroatoms. The van der Waals surface area contributed by atoms with Crippen molar-refractivity contribution >= 4 is 24.7 Å². The Balaban J connectivity index is 1.71. The molecule has 0 bridgehead atoms. The van der Waals surface area contributed by atoms with E-state index in [0.29, 0.717) is 0 Å². The molecule has 0 N–H and O–H groups in total. The van der Waals surface area contributed by atoms with Crippen LogP contribution in [0.3, 0.4) is 0 Å². The summed E-state index contributed by atoms with van der Waals surface area (Å²) >= 11 is 0. The predicted molar refractivity (Wildman–Crippen MR) is 134 cm³/mol. The number of unbranched alkanes of at least 4 members (excludes halogenated alkanes) is 1. The zero-order valence-electron chi connectivity index (χ0n) is 18.3. The molecule has 30 heavy (non-hydrogen) atoms. The molecule has 152 valence electrons. The largest absolute Gasteiger partial charge is 0.132 e. The van der Waals surface area contributed by atoms with Crippen molar-refractivity contribution in [3.05, 3.63) is 113 Å². The topological polar surface area (TPSA) is 0 Å². The summed E-state index contributed by atoms with van der Waals surface area (Å²) in [6, 6.07) is 31.8. The van der Waals surface area contributed by atoms with Crippen LogP contribution in [0, 0.1) is 0 Å². The van der Waals surface area contributed by atoms with Crippen LogP contribution in [0.15, 0.2) is 102 Å². The number of aryl methyl sites for hydroxylation is 1. The van der Waals surface area contributed by atoms with E-state index in [1.807, 2.05) is 0 Å². The highest BCUT2D eigenvalue weighted by atomic mass is 28.3. The summed E-state index contributed by atoms with van der Waals surface area (Å²) in [6.45, 7) is 4.59. The number of benzene rings is 3. The molecule has 0 saturated carbocycles. The highest BCUT2D eigenvalue weighted by Crippen LogP contribution is 2.36. The van der Waals surface area contributed by atoms with Crippen LogP contribution in [0.2, 0.25) is 0 Å². The average Bonchev–Trinajstić information content (AvgIpc) is 3.23. The molecule has 0 atom stereocenters. The molecule has 0 aromatic heterocycles. The van der Waals surface area contributed by atoms with Gasteiger partial charge in [-0.1, -0.05) is 127 Å². The van der Waals surface area contributed by atoms with Crippen LogP contribution in [0.1, 0.15) is 50.7 Å². The third-order valence-electron chi connectivity index (χ3n) is 6.29. The third-order valence-corrected chi connectivity index (χ3v) is 9.60. The van der Waals surface area contributed by atoms with Gasteiger partial charge >= 0.3 is 0 Å². The zero-order chi connectivity index (χ0) is 20.8. The molecule has 0 aliphatic heterocycles. The first-order valence-corrected chi connectivity index (χ1v) is 13.2. The number of allylic oxidation sites excluding steroid dienone is 4. The molecule has 0 unspecified atom stereocenters. The highest BCUT2D eigenvalue weighted by Gasteiger charge is 2.28. The minimum absolute atomic E-state index is 1.07. The van der Waals surface area contributed by atoms with Gasteiger partial charge < -0.3 is 0 Å². The van der Waals surface area contributed by atoms with Crippen molar-refractivity contribution in [3.8, 4) is 0 Å². The van der Waals surface area contributed by atoms with Gasteiger partial charge in [-0.15, -0.1) is 0 Å². The summed E-state index contributed by atoms with van der Waals surface area (Å²) in [5.74, 6) is 0. The number of rotatable bonds is 8. The lowest BCUT2D eigenvalue weighted by Crippen LogP contribution is -2.44. The lowest BCUT2D eigenvalue weighted by molar-refractivity contribution is 0.795. The van der Waals surface area contributed by atoms with Crippen molar-refractivity contribution in [2.45, 2.75) is 46.0 Å². The normalized spacial score (nSPS) is 13.8. The van der Waals surface area contributed by atoms with Gasteiger partial charge in [-0.2, -0.15) is 0 Å². The van der Waals surface area contributed by atoms with Crippen LogP contribution in [0.25, 0.3) is 5.57 Å². The van der Waals surface area contributed by atoms with Crippen LogP contribution >= 0.6 is 0 Å². The van der Waals surface area contributed by atoms with Gasteiger partial charge in [0.05, 0.1) is 0 Å². The van der Waals surface area contributed by atoms with E-state index in [0.717, 1.165) is 12.8 Å². The van der Waals surface area contributed by atoms with Gasteiger partial charge in [0.1, 0.15) is 8.80 Å². The molecule has 4 rings (SSSR count). The van der Waals surface area contributed by atoms with E-state index in [-0.39, 0.29) is 0 Å². The Bertz CT molecular complexity index is 971. The van der Waals surface area contributed by atoms with Gasteiger partial charge in [0.2, 0.25) is 0 Å². The molecule has 1 aliphatic carbocycles. The molecule has 0 nitrogen and oxygen atoms in total. The molecule has 1 aliphatic rings. The van der Waals surface area contributed by atoms with E-state index in [9.17, 15) is 0 Å². The standard InChI is InChI=1S/C29H32Si/c1-3-5-12-23-17-19-24(20-18-23)28-21-22-29(27(28)4-2)30(25-13-8-6-9-14-25)26-15-10-7-11-16-26/h6-11,13-20,22,30H,3-5,12,21H2,1-2H3. The fraction of sp³-hybridized carbons (Fsp3) is 0.241. The maximum absolute atomic E-state index is 2.54. The molecular weight excluding hydrogens is 376 g/mol. The molecule has 3 aromatic rings. The molecule has 0 spiro atoms. The monoisotopic (exact) mass is 408 g/mol. The van der Waals surface area contributed by atoms with Crippen molar-refractivity contribution in [1.82, 2.24) is 0 Å². The fourth-order valence-corrected chi connectivity index (χ4v) is 8.13. The van der Waals surface area contributed by atoms with Crippen molar-refractivity contribution < 1.29 is 0 Å². The molecular formula is C29H32Si. The summed E-state index contributed by atoms with van der Waals surface area (Å²) in [4.78, 5) is 0. The van der Waals surface area contributed by atoms with Crippen LogP contribution in [0.4, 0.5) is 0 Å². The first kappa shape index (κ1) is 20.6. The molecule has 0 fully saturated rings. The molecule has 0 amide bonds. The minimum atomic E-state index is -1.46. The second kappa shape index (κ2) is 9.91. The Labute approximate surface area is 183 Å². The van der Waals surface area contributed by atoms with Gasteiger partial charge in [-0.05, 0) is 48.0 Å². The van der Waals surface area contributed by atoms with E-state index < -0.39 is 8.80 Å². The summed E-state index contributed by atoms with van der Waals surface area (Å²) in [5, 5.41) is 4.65. The molecule has 0 radical (unpaired) electrons. The zero-order valence-corrected chi connectivity index (χ0v) is 19.4. The molecule has 3 aromatic carbocycles. The van der Waals surface area contributed by atoms with Crippen LogP contribution in [-0.2, 0) is 6.42 Å². The Morgan fingerprint density at radius 2 is 1.33 bits per heavy atom. The number of hydrogen-bond acceptors (Lipinski definition) is 0. The Kier molecular flexibility index (Phi) is 6.81. The smallest absolute Gasteiger partial charge is 0.0801 e. The Hall–Kier alpha value is -2.64. The first-order valence-electron chi connectivity index (χ1n) is 11.4. The van der Waals surface area contributed by atoms with Crippen LogP contribution in [-0.4, -0.2) is 8.80 Å². The van der Waals surface area contributed by atoms with Crippen molar-refractivity contribution in [1.29, 1.82) is 0 Å². The van der Waals surface area contributed by atoms with E-state index in [1.165, 1.54) is 40.8 Å². The molecule has 0 saturated heterocycles. The quantitative estimate of drug-likeness (QED) is 0.395. The van der Waals surface area contributed by atoms with Crippen molar-refractivity contribution in [2.75, 3.05) is 0 Å². The summed E-state index contributed by atoms with van der Waals surface area (Å²) < 4.78 is 0. The highest BCUT2D eigenvalue weighted by molar-refractivity contribution is 6.91. The van der Waals surface area contributed by atoms with Gasteiger partial charge in [0.25, 0.3) is 0 Å². The Morgan fingerprint density at radius 3 is 1.87 bits per heavy atom. The van der Waals surface area contributed by atoms with E-state index in [4.69, 9.17) is 0 Å². The van der Waals surface area contributed by atoms with E-state index >= 15 is 0 Å². The van der Waals surface area contributed by atoms with Gasteiger partial charge in [0.15, 0.2) is 0 Å². The lowest BCUT2D eigenvalue weighted by atomic mass is 9.98. The molecule has 0 heterocycles. The van der Waals surface area contributed by atoms with E-state index in [2.05, 4.69) is 105 Å². The fourth-order valence-electron chi connectivity index (χ4n) is 4.73. The minimum Gasteiger partial charge on any atom is -0.0801 e. The summed E-state index contributed by atoms with van der Waals surface area (Å²) in [5.41, 5.74) is 6.00. The maximum atomic E-state index is 2.54. The second-order valence-electron chi connectivity index (χ2n) is 8.23. The Morgan fingerprint density at radius 1 is 0.733 bits per heavy atom. The predicted octanol–water partition coefficient (Wildman–Crippen LogP) is 6.10. The van der Waals surface area contributed by atoms with Crippen LogP contribution < -0.4 is 10.4 Å². The van der Waals surface area contributed by atoms with Gasteiger partial charge in [0, 0.05) is 0 Å². The maximum Gasteiger partial charge on any atom is 0.132 e. The van der Waals surface area contributed by atoms with Gasteiger partial charge in [-0.25, -0.2) is 0 Å². The average molecular weight is 409 g/mol. The summed E-state index contributed by atoms with van der Waals surface area (Å²) in [7, 11) is -1.46. The van der Waals surface area contributed by atoms with Crippen molar-refractivity contribution in [3.63, 3.8) is 0 Å². The lowest BCUT2D eigenvalue weighted by Gasteiger charge is -2.21. The first-order chi connectivity index (χ1) is 14.8. The van der Waals surface area contributed by atoms with E-state index in [1.54, 1.807) is 16.3 Å². The van der Waals surface area contributed by atoms with Crippen molar-refractivity contribution in [2.24, 2.45) is 0 Å². The van der Waals surface area contributed by atoms with Gasteiger partial charge in [-0.3, -0.25) is 0 Å².